The number of azo groups is 1. The molecule has 2 N–H and O–H groups in total. The van der Waals surface area contributed by atoms with E-state index in [0.29, 0.717) is 21.7 Å². The van der Waals surface area contributed by atoms with Crippen molar-refractivity contribution in [1.82, 2.24) is 4.98 Å². The maximum atomic E-state index is 12.2. The van der Waals surface area contributed by atoms with Crippen LogP contribution in [0.1, 0.15) is 6.92 Å². The van der Waals surface area contributed by atoms with Crippen LogP contribution in [0, 0.1) is 0 Å². The number of rotatable bonds is 4. The molecule has 0 saturated carbocycles. The molecule has 0 spiro atoms. The van der Waals surface area contributed by atoms with Gasteiger partial charge in [0.15, 0.2) is 11.8 Å². The standard InChI is InChI=1S/C17H12BrCl2N3O3/c1-8(26-14-5-3-10(19)7-12(14)20)16(24)23-22-15-11-6-9(18)2-4-13(11)21-17(15)25/h2-8,21,25H,1H3. The van der Waals surface area contributed by atoms with Gasteiger partial charge in [-0.25, -0.2) is 0 Å². The Morgan fingerprint density at radius 2 is 2.04 bits per heavy atom. The zero-order valence-electron chi connectivity index (χ0n) is 13.3. The molecule has 9 heteroatoms. The Labute approximate surface area is 166 Å². The van der Waals surface area contributed by atoms with E-state index in [1.54, 1.807) is 24.3 Å². The second-order valence-electron chi connectivity index (χ2n) is 5.39. The zero-order chi connectivity index (χ0) is 18.8. The molecule has 0 aliphatic rings. The van der Waals surface area contributed by atoms with Gasteiger partial charge < -0.3 is 14.8 Å². The van der Waals surface area contributed by atoms with Gasteiger partial charge in [-0.05, 0) is 43.3 Å². The smallest absolute Gasteiger partial charge is 0.304 e. The number of halogens is 3. The monoisotopic (exact) mass is 455 g/mol. The number of fused-ring (bicyclic) bond motifs is 1. The number of H-pyrrole nitrogens is 1. The van der Waals surface area contributed by atoms with Crippen molar-refractivity contribution in [1.29, 1.82) is 0 Å². The van der Waals surface area contributed by atoms with Gasteiger partial charge in [-0.1, -0.05) is 39.1 Å². The van der Waals surface area contributed by atoms with Gasteiger partial charge in [-0.3, -0.25) is 4.79 Å². The molecule has 3 rings (SSSR count). The van der Waals surface area contributed by atoms with Gasteiger partial charge in [0, 0.05) is 14.9 Å². The summed E-state index contributed by atoms with van der Waals surface area (Å²) in [5, 5.41) is 18.9. The number of aromatic nitrogens is 1. The van der Waals surface area contributed by atoms with Crippen molar-refractivity contribution in [3.8, 4) is 11.6 Å². The lowest BCUT2D eigenvalue weighted by Crippen LogP contribution is -2.21. The molecular formula is C17H12BrCl2N3O3. The van der Waals surface area contributed by atoms with Gasteiger partial charge in [0.05, 0.1) is 10.5 Å². The van der Waals surface area contributed by atoms with E-state index in [0.717, 1.165) is 4.47 Å². The van der Waals surface area contributed by atoms with Crippen molar-refractivity contribution in [2.24, 2.45) is 10.2 Å². The maximum Gasteiger partial charge on any atom is 0.304 e. The van der Waals surface area contributed by atoms with E-state index in [9.17, 15) is 9.90 Å². The highest BCUT2D eigenvalue weighted by Crippen LogP contribution is 2.37. The lowest BCUT2D eigenvalue weighted by Gasteiger charge is -2.12. The summed E-state index contributed by atoms with van der Waals surface area (Å²) in [6.07, 6.45) is -0.920. The van der Waals surface area contributed by atoms with E-state index in [1.807, 2.05) is 6.07 Å². The van der Waals surface area contributed by atoms with Crippen molar-refractivity contribution in [2.75, 3.05) is 0 Å². The number of ether oxygens (including phenoxy) is 1. The molecule has 0 fully saturated rings. The largest absolute Gasteiger partial charge is 0.493 e. The molecule has 26 heavy (non-hydrogen) atoms. The molecule has 1 atom stereocenters. The highest BCUT2D eigenvalue weighted by atomic mass is 79.9. The Morgan fingerprint density at radius 3 is 2.77 bits per heavy atom. The Morgan fingerprint density at radius 1 is 1.27 bits per heavy atom. The number of hydrogen-bond acceptors (Lipinski definition) is 4. The van der Waals surface area contributed by atoms with E-state index in [2.05, 4.69) is 31.1 Å². The molecule has 0 radical (unpaired) electrons. The van der Waals surface area contributed by atoms with Crippen LogP contribution in [0.2, 0.25) is 10.0 Å². The molecule has 6 nitrogen and oxygen atoms in total. The summed E-state index contributed by atoms with van der Waals surface area (Å²) in [4.78, 5) is 14.9. The minimum atomic E-state index is -0.920. The van der Waals surface area contributed by atoms with Gasteiger partial charge in [0.2, 0.25) is 5.88 Å². The highest BCUT2D eigenvalue weighted by Gasteiger charge is 2.17. The second kappa shape index (κ2) is 7.65. The lowest BCUT2D eigenvalue weighted by molar-refractivity contribution is -0.124. The molecule has 1 heterocycles. The summed E-state index contributed by atoms with van der Waals surface area (Å²) in [6, 6.07) is 10.0. The third kappa shape index (κ3) is 4.00. The van der Waals surface area contributed by atoms with E-state index >= 15 is 0 Å². The molecule has 0 saturated heterocycles. The number of benzene rings is 2. The highest BCUT2D eigenvalue weighted by molar-refractivity contribution is 9.10. The molecule has 0 aliphatic carbocycles. The predicted octanol–water partition coefficient (Wildman–Crippen LogP) is 6.02. The van der Waals surface area contributed by atoms with E-state index in [4.69, 9.17) is 27.9 Å². The minimum absolute atomic E-state index is 0.173. The van der Waals surface area contributed by atoms with E-state index < -0.39 is 12.0 Å². The Kier molecular flexibility index (Phi) is 5.50. The van der Waals surface area contributed by atoms with Gasteiger partial charge in [-0.2, -0.15) is 0 Å². The molecule has 0 bridgehead atoms. The summed E-state index contributed by atoms with van der Waals surface area (Å²) in [5.41, 5.74) is 0.843. The van der Waals surface area contributed by atoms with Crippen LogP contribution < -0.4 is 4.74 Å². The average Bonchev–Trinajstić information content (AvgIpc) is 2.89. The van der Waals surface area contributed by atoms with E-state index in [1.165, 1.54) is 13.0 Å². The van der Waals surface area contributed by atoms with E-state index in [-0.39, 0.29) is 16.6 Å². The van der Waals surface area contributed by atoms with Gasteiger partial charge in [0.25, 0.3) is 0 Å². The molecule has 1 unspecified atom stereocenters. The zero-order valence-corrected chi connectivity index (χ0v) is 16.4. The van der Waals surface area contributed by atoms with Crippen molar-refractivity contribution in [3.05, 3.63) is 50.9 Å². The molecular weight excluding hydrogens is 445 g/mol. The summed E-state index contributed by atoms with van der Waals surface area (Å²) >= 11 is 15.2. The third-order valence-electron chi connectivity index (χ3n) is 3.51. The number of carbonyl (C=O) groups excluding carboxylic acids is 1. The van der Waals surface area contributed by atoms with Crippen LogP contribution in [0.25, 0.3) is 10.9 Å². The number of amides is 1. The topological polar surface area (TPSA) is 87.0 Å². The Hall–Kier alpha value is -2.09. The number of hydrogen-bond donors (Lipinski definition) is 2. The fourth-order valence-electron chi connectivity index (χ4n) is 2.23. The van der Waals surface area contributed by atoms with Crippen LogP contribution in [0.4, 0.5) is 5.69 Å². The summed E-state index contributed by atoms with van der Waals surface area (Å²) < 4.78 is 6.30. The van der Waals surface area contributed by atoms with Gasteiger partial charge in [0.1, 0.15) is 5.75 Å². The summed E-state index contributed by atoms with van der Waals surface area (Å²) in [6.45, 7) is 1.53. The Balaban J connectivity index is 1.79. The minimum Gasteiger partial charge on any atom is -0.493 e. The Bertz CT molecular complexity index is 1020. The SMILES string of the molecule is CC(Oc1ccc(Cl)cc1Cl)C(=O)N=Nc1c(O)[nH]c2ccc(Br)cc12. The first kappa shape index (κ1) is 18.7. The van der Waals surface area contributed by atoms with Gasteiger partial charge in [-0.15, -0.1) is 10.2 Å². The van der Waals surface area contributed by atoms with Crippen LogP contribution >= 0.6 is 39.1 Å². The molecule has 134 valence electrons. The van der Waals surface area contributed by atoms with Gasteiger partial charge >= 0.3 is 5.91 Å². The molecule has 2 aromatic carbocycles. The average molecular weight is 457 g/mol. The number of nitrogens with one attached hydrogen (secondary N) is 1. The van der Waals surface area contributed by atoms with Crippen molar-refractivity contribution in [3.63, 3.8) is 0 Å². The number of aromatic hydroxyl groups is 1. The van der Waals surface area contributed by atoms with Crippen LogP contribution in [-0.4, -0.2) is 22.1 Å². The number of nitrogens with zero attached hydrogens (tertiary/aromatic N) is 2. The fourth-order valence-corrected chi connectivity index (χ4v) is 3.04. The first-order valence-electron chi connectivity index (χ1n) is 7.42. The number of aromatic amines is 1. The van der Waals surface area contributed by atoms with Crippen molar-refractivity contribution < 1.29 is 14.6 Å². The lowest BCUT2D eigenvalue weighted by atomic mass is 10.2. The fraction of sp³-hybridized carbons (Fsp3) is 0.118. The number of carbonyl (C=O) groups is 1. The second-order valence-corrected chi connectivity index (χ2v) is 7.14. The van der Waals surface area contributed by atoms with Crippen LogP contribution in [0.3, 0.4) is 0 Å². The van der Waals surface area contributed by atoms with Crippen molar-refractivity contribution in [2.45, 2.75) is 13.0 Å². The van der Waals surface area contributed by atoms with Crippen LogP contribution in [-0.2, 0) is 4.79 Å². The molecule has 0 aliphatic heterocycles. The normalized spacial score (nSPS) is 12.6. The third-order valence-corrected chi connectivity index (χ3v) is 4.53. The predicted molar refractivity (Wildman–Crippen MR) is 104 cm³/mol. The summed E-state index contributed by atoms with van der Waals surface area (Å²) in [5.74, 6) is -0.491. The molecule has 1 aromatic heterocycles. The van der Waals surface area contributed by atoms with Crippen molar-refractivity contribution >= 4 is 61.6 Å². The maximum absolute atomic E-state index is 12.2. The molecule has 3 aromatic rings. The quantitative estimate of drug-likeness (QED) is 0.470. The first-order chi connectivity index (χ1) is 12.3. The van der Waals surface area contributed by atoms with Crippen LogP contribution in [0.5, 0.6) is 11.6 Å². The molecule has 1 amide bonds. The van der Waals surface area contributed by atoms with Crippen LogP contribution in [0.15, 0.2) is 51.1 Å². The summed E-state index contributed by atoms with van der Waals surface area (Å²) in [7, 11) is 0. The first-order valence-corrected chi connectivity index (χ1v) is 8.97.